The van der Waals surface area contributed by atoms with Crippen molar-refractivity contribution in [3.63, 3.8) is 0 Å². The summed E-state index contributed by atoms with van der Waals surface area (Å²) in [5.74, 6) is 1.90. The van der Waals surface area contributed by atoms with Crippen LogP contribution in [0.15, 0.2) is 65.3 Å². The SMILES string of the molecule is C=C(Cl)CSc1nnc(COc2ccc(OC)cc2)n1-c1ccccc1F. The monoisotopic (exact) mass is 405 g/mol. The van der Waals surface area contributed by atoms with Crippen molar-refractivity contribution in [2.75, 3.05) is 12.9 Å². The second kappa shape index (κ2) is 8.92. The van der Waals surface area contributed by atoms with Crippen LogP contribution in [0.2, 0.25) is 0 Å². The summed E-state index contributed by atoms with van der Waals surface area (Å²) in [5.41, 5.74) is 0.346. The molecule has 0 unspecified atom stereocenters. The number of ether oxygens (including phenoxy) is 2. The lowest BCUT2D eigenvalue weighted by Crippen LogP contribution is -2.08. The highest BCUT2D eigenvalue weighted by Crippen LogP contribution is 2.26. The van der Waals surface area contributed by atoms with Crippen molar-refractivity contribution in [1.29, 1.82) is 0 Å². The van der Waals surface area contributed by atoms with Crippen molar-refractivity contribution >= 4 is 23.4 Å². The fraction of sp³-hybridized carbons (Fsp3) is 0.158. The number of thioether (sulfide) groups is 1. The van der Waals surface area contributed by atoms with E-state index in [9.17, 15) is 4.39 Å². The van der Waals surface area contributed by atoms with Gasteiger partial charge in [0.2, 0.25) is 0 Å². The van der Waals surface area contributed by atoms with Crippen LogP contribution < -0.4 is 9.47 Å². The van der Waals surface area contributed by atoms with Crippen LogP contribution >= 0.6 is 23.4 Å². The van der Waals surface area contributed by atoms with E-state index >= 15 is 0 Å². The van der Waals surface area contributed by atoms with E-state index in [1.807, 2.05) is 0 Å². The van der Waals surface area contributed by atoms with Crippen LogP contribution in [0.5, 0.6) is 11.5 Å². The van der Waals surface area contributed by atoms with Crippen molar-refractivity contribution in [2.45, 2.75) is 11.8 Å². The lowest BCUT2D eigenvalue weighted by molar-refractivity contribution is 0.292. The average molecular weight is 406 g/mol. The molecule has 5 nitrogen and oxygen atoms in total. The number of methoxy groups -OCH3 is 1. The smallest absolute Gasteiger partial charge is 0.196 e. The summed E-state index contributed by atoms with van der Waals surface area (Å²) < 4.78 is 26.9. The van der Waals surface area contributed by atoms with E-state index in [1.165, 1.54) is 17.8 Å². The molecular weight excluding hydrogens is 389 g/mol. The summed E-state index contributed by atoms with van der Waals surface area (Å²) in [7, 11) is 1.60. The molecule has 1 aromatic heterocycles. The molecule has 0 fully saturated rings. The summed E-state index contributed by atoms with van der Waals surface area (Å²) in [4.78, 5) is 0. The molecule has 3 rings (SSSR count). The van der Waals surface area contributed by atoms with Crippen LogP contribution in [0.3, 0.4) is 0 Å². The zero-order chi connectivity index (χ0) is 19.2. The van der Waals surface area contributed by atoms with Crippen molar-refractivity contribution in [3.05, 3.63) is 71.8 Å². The Kier molecular flexibility index (Phi) is 6.36. The number of para-hydroxylation sites is 1. The second-order valence-corrected chi connectivity index (χ2v) is 6.93. The zero-order valence-corrected chi connectivity index (χ0v) is 16.1. The Morgan fingerprint density at radius 3 is 2.52 bits per heavy atom. The Hall–Kier alpha value is -2.51. The van der Waals surface area contributed by atoms with Gasteiger partial charge in [0.15, 0.2) is 11.0 Å². The molecule has 0 saturated heterocycles. The van der Waals surface area contributed by atoms with E-state index in [0.717, 1.165) is 5.75 Å². The molecule has 27 heavy (non-hydrogen) atoms. The molecule has 0 spiro atoms. The van der Waals surface area contributed by atoms with Crippen molar-refractivity contribution < 1.29 is 13.9 Å². The minimum Gasteiger partial charge on any atom is -0.497 e. The third-order valence-corrected chi connectivity index (χ3v) is 4.89. The fourth-order valence-electron chi connectivity index (χ4n) is 2.33. The Bertz CT molecular complexity index is 931. The van der Waals surface area contributed by atoms with Gasteiger partial charge in [0.1, 0.15) is 23.9 Å². The Morgan fingerprint density at radius 2 is 1.85 bits per heavy atom. The highest BCUT2D eigenvalue weighted by Gasteiger charge is 2.18. The minimum atomic E-state index is -0.380. The number of benzene rings is 2. The number of aromatic nitrogens is 3. The molecule has 2 aromatic carbocycles. The van der Waals surface area contributed by atoms with Gasteiger partial charge in [0.05, 0.1) is 12.8 Å². The molecule has 140 valence electrons. The van der Waals surface area contributed by atoms with Crippen LogP contribution in [0.4, 0.5) is 4.39 Å². The molecule has 0 amide bonds. The molecule has 0 aliphatic heterocycles. The maximum absolute atomic E-state index is 14.4. The molecule has 0 aliphatic carbocycles. The first-order valence-electron chi connectivity index (χ1n) is 8.00. The number of halogens is 2. The van der Waals surface area contributed by atoms with Gasteiger partial charge in [-0.2, -0.15) is 0 Å². The fourth-order valence-corrected chi connectivity index (χ4v) is 3.21. The summed E-state index contributed by atoms with van der Waals surface area (Å²) in [5, 5.41) is 9.30. The molecule has 0 bridgehead atoms. The van der Waals surface area contributed by atoms with Gasteiger partial charge in [-0.15, -0.1) is 10.2 Å². The molecule has 0 saturated carbocycles. The van der Waals surface area contributed by atoms with E-state index in [-0.39, 0.29) is 12.4 Å². The maximum Gasteiger partial charge on any atom is 0.196 e. The van der Waals surface area contributed by atoms with Crippen LogP contribution in [0, 0.1) is 5.82 Å². The molecule has 3 aromatic rings. The first kappa shape index (κ1) is 19.3. The van der Waals surface area contributed by atoms with E-state index in [2.05, 4.69) is 16.8 Å². The van der Waals surface area contributed by atoms with Crippen molar-refractivity contribution in [2.24, 2.45) is 0 Å². The summed E-state index contributed by atoms with van der Waals surface area (Å²) in [6, 6.07) is 13.6. The number of rotatable bonds is 8. The second-order valence-electron chi connectivity index (χ2n) is 5.46. The lowest BCUT2D eigenvalue weighted by atomic mass is 10.3. The predicted molar refractivity (Wildman–Crippen MR) is 104 cm³/mol. The first-order chi connectivity index (χ1) is 13.1. The largest absolute Gasteiger partial charge is 0.497 e. The average Bonchev–Trinajstić information content (AvgIpc) is 3.08. The van der Waals surface area contributed by atoms with Gasteiger partial charge in [-0.05, 0) is 36.4 Å². The molecule has 1 heterocycles. The zero-order valence-electron chi connectivity index (χ0n) is 14.6. The summed E-state index contributed by atoms with van der Waals surface area (Å²) in [6.07, 6.45) is 0. The topological polar surface area (TPSA) is 49.2 Å². The van der Waals surface area contributed by atoms with Gasteiger partial charge >= 0.3 is 0 Å². The van der Waals surface area contributed by atoms with Crippen LogP contribution in [-0.4, -0.2) is 27.6 Å². The third-order valence-electron chi connectivity index (χ3n) is 3.58. The van der Waals surface area contributed by atoms with Crippen LogP contribution in [0.25, 0.3) is 5.69 Å². The van der Waals surface area contributed by atoms with Gasteiger partial charge < -0.3 is 9.47 Å². The Morgan fingerprint density at radius 1 is 1.15 bits per heavy atom. The standard InChI is InChI=1S/C19H17ClFN3O2S/c1-13(20)12-27-19-23-22-18(24(19)17-6-4-3-5-16(17)21)11-26-15-9-7-14(25-2)8-10-15/h3-10H,1,11-12H2,2H3. The normalized spacial score (nSPS) is 10.6. The third kappa shape index (κ3) is 4.81. The minimum absolute atomic E-state index is 0.121. The van der Waals surface area contributed by atoms with Crippen molar-refractivity contribution in [1.82, 2.24) is 14.8 Å². The number of nitrogens with zero attached hydrogens (tertiary/aromatic N) is 3. The van der Waals surface area contributed by atoms with Gasteiger partial charge in [0.25, 0.3) is 0 Å². The van der Waals surface area contributed by atoms with E-state index < -0.39 is 0 Å². The van der Waals surface area contributed by atoms with Gasteiger partial charge in [-0.25, -0.2) is 4.39 Å². The highest BCUT2D eigenvalue weighted by molar-refractivity contribution is 7.99. The first-order valence-corrected chi connectivity index (χ1v) is 9.37. The van der Waals surface area contributed by atoms with E-state index in [0.29, 0.717) is 33.2 Å². The van der Waals surface area contributed by atoms with Gasteiger partial charge in [0, 0.05) is 10.8 Å². The van der Waals surface area contributed by atoms with Crippen LogP contribution in [-0.2, 0) is 6.61 Å². The molecule has 0 radical (unpaired) electrons. The molecule has 8 heteroatoms. The molecule has 0 aliphatic rings. The summed E-state index contributed by atoms with van der Waals surface area (Å²) in [6.45, 7) is 3.79. The lowest BCUT2D eigenvalue weighted by Gasteiger charge is -2.12. The maximum atomic E-state index is 14.4. The van der Waals surface area contributed by atoms with Gasteiger partial charge in [-0.1, -0.05) is 42.1 Å². The Balaban J connectivity index is 1.87. The molecule has 0 atom stereocenters. The summed E-state index contributed by atoms with van der Waals surface area (Å²) >= 11 is 7.17. The number of hydrogen-bond acceptors (Lipinski definition) is 5. The van der Waals surface area contributed by atoms with E-state index in [1.54, 1.807) is 54.1 Å². The van der Waals surface area contributed by atoms with Crippen molar-refractivity contribution in [3.8, 4) is 17.2 Å². The number of hydrogen-bond donors (Lipinski definition) is 0. The van der Waals surface area contributed by atoms with Crippen LogP contribution in [0.1, 0.15) is 5.82 Å². The predicted octanol–water partition coefficient (Wildman–Crippen LogP) is 4.84. The van der Waals surface area contributed by atoms with Gasteiger partial charge in [-0.3, -0.25) is 4.57 Å². The Labute approximate surface area is 165 Å². The highest BCUT2D eigenvalue weighted by atomic mass is 35.5. The quantitative estimate of drug-likeness (QED) is 0.502. The molecular formula is C19H17ClFN3O2S. The molecule has 0 N–H and O–H groups in total. The van der Waals surface area contributed by atoms with E-state index in [4.69, 9.17) is 21.1 Å².